The number of benzene rings is 4. The van der Waals surface area contributed by atoms with E-state index >= 15 is 0 Å². The number of aliphatic hydroxyl groups excluding tert-OH is 1. The van der Waals surface area contributed by atoms with Gasteiger partial charge in [0.2, 0.25) is 0 Å². The minimum Gasteiger partial charge on any atom is -0.851 e. The predicted octanol–water partition coefficient (Wildman–Crippen LogP) is 4.18. The quantitative estimate of drug-likeness (QED) is 0.0537. The van der Waals surface area contributed by atoms with Crippen LogP contribution in [0.2, 0.25) is 0 Å². The zero-order chi connectivity index (χ0) is 37.9. The van der Waals surface area contributed by atoms with Gasteiger partial charge in [-0.05, 0) is 85.7 Å². The minimum atomic E-state index is -1.17. The first-order chi connectivity index (χ1) is 26.3. The topological polar surface area (TPSA) is 181 Å². The molecule has 54 heavy (non-hydrogen) atoms. The van der Waals surface area contributed by atoms with Crippen molar-refractivity contribution in [3.8, 4) is 0 Å². The first-order valence-corrected chi connectivity index (χ1v) is 18.6. The molecule has 288 valence electrons. The maximum atomic E-state index is 14.4. The number of esters is 2. The van der Waals surface area contributed by atoms with E-state index in [0.29, 0.717) is 35.5 Å². The molecule has 8 atom stereocenters. The van der Waals surface area contributed by atoms with Crippen LogP contribution in [0.4, 0.5) is 22.7 Å². The molecule has 0 radical (unpaired) electrons. The molecule has 14 heteroatoms. The monoisotopic (exact) mass is 743 g/mol. The summed E-state index contributed by atoms with van der Waals surface area (Å²) < 4.78 is 10.6. The van der Waals surface area contributed by atoms with Gasteiger partial charge in [-0.2, -0.15) is 0 Å². The Morgan fingerprint density at radius 2 is 1.02 bits per heavy atom. The fourth-order valence-corrected chi connectivity index (χ4v) is 8.01. The first-order valence-electron chi connectivity index (χ1n) is 18.6. The number of carbonyl (C=O) groups is 2. The van der Waals surface area contributed by atoms with Crippen molar-refractivity contribution in [2.45, 2.75) is 75.9 Å². The normalized spacial score (nSPS) is 25.6. The van der Waals surface area contributed by atoms with Gasteiger partial charge >= 0.3 is 11.9 Å². The van der Waals surface area contributed by atoms with E-state index in [9.17, 15) is 19.8 Å². The molecule has 0 saturated heterocycles. The molecule has 8 unspecified atom stereocenters. The molecule has 0 bridgehead atoms. The van der Waals surface area contributed by atoms with E-state index in [0.717, 1.165) is 33.1 Å². The zero-order valence-electron chi connectivity index (χ0n) is 30.8. The summed E-state index contributed by atoms with van der Waals surface area (Å²) >= 11 is 0. The molecule has 1 saturated carbocycles. The lowest BCUT2D eigenvalue weighted by molar-refractivity contribution is -0.462. The molecular weight excluding hydrogens is 696 g/mol. The van der Waals surface area contributed by atoms with E-state index in [1.165, 1.54) is 0 Å². The van der Waals surface area contributed by atoms with Crippen LogP contribution in [0.1, 0.15) is 50.7 Å². The summed E-state index contributed by atoms with van der Waals surface area (Å²) in [6, 6.07) is 16.2. The predicted molar refractivity (Wildman–Crippen MR) is 201 cm³/mol. The van der Waals surface area contributed by atoms with Crippen molar-refractivity contribution < 1.29 is 48.8 Å². The number of aliphatic hydroxyl groups is 1. The molecule has 7 rings (SSSR count). The molecule has 2 heterocycles. The van der Waals surface area contributed by atoms with Gasteiger partial charge in [0.15, 0.2) is 12.1 Å². The number of carbonyl (C=O) groups excluding carboxylic acids is 2. The molecule has 0 amide bonds. The highest BCUT2D eigenvalue weighted by molar-refractivity contribution is 6.09. The van der Waals surface area contributed by atoms with E-state index < -0.39 is 48.1 Å². The third-order valence-corrected chi connectivity index (χ3v) is 10.4. The van der Waals surface area contributed by atoms with Crippen LogP contribution in [0.3, 0.4) is 0 Å². The maximum Gasteiger partial charge on any atom is 0.331 e. The molecule has 5 N–H and O–H groups in total. The minimum absolute atomic E-state index is 0.139. The molecule has 1 fully saturated rings. The molecule has 14 nitrogen and oxygen atoms in total. The van der Waals surface area contributed by atoms with E-state index in [2.05, 4.69) is 21.3 Å². The second kappa shape index (κ2) is 16.3. The summed E-state index contributed by atoms with van der Waals surface area (Å²) in [6.07, 6.45) is -2.16. The Balaban J connectivity index is 1.21. The van der Waals surface area contributed by atoms with Crippen LogP contribution in [0.25, 0.3) is 21.5 Å². The lowest BCUT2D eigenvalue weighted by Crippen LogP contribution is -2.58. The molecule has 2 aliphatic heterocycles. The summed E-state index contributed by atoms with van der Waals surface area (Å²) in [5, 5.41) is 43.1. The number of hydrogen-bond acceptors (Lipinski definition) is 14. The van der Waals surface area contributed by atoms with E-state index in [1.807, 2.05) is 68.4 Å². The summed E-state index contributed by atoms with van der Waals surface area (Å²) in [6.45, 7) is 8.65. The van der Waals surface area contributed by atoms with Crippen LogP contribution in [0.5, 0.6) is 0 Å². The smallest absolute Gasteiger partial charge is 0.331 e. The molecule has 4 aromatic carbocycles. The SMILES string of the molecule is CCOOCC1Nc2cccc3c(C4C([O-])C(c5ccc6c7c(cccc57)NC(C(=O)OCC)C(C(=O)OCC)N6)C4O)ccc(c23)NC1COOCC. The van der Waals surface area contributed by atoms with Crippen LogP contribution in [0, 0.1) is 0 Å². The number of hydrogen-bond donors (Lipinski definition) is 5. The zero-order valence-corrected chi connectivity index (χ0v) is 30.8. The van der Waals surface area contributed by atoms with Crippen molar-refractivity contribution >= 4 is 56.2 Å². The van der Waals surface area contributed by atoms with E-state index in [4.69, 9.17) is 29.0 Å². The second-order valence-electron chi connectivity index (χ2n) is 13.5. The average molecular weight is 744 g/mol. The molecule has 0 aromatic heterocycles. The number of nitrogens with one attached hydrogen (secondary N) is 4. The summed E-state index contributed by atoms with van der Waals surface area (Å²) in [5.41, 5.74) is 4.30. The average Bonchev–Trinajstić information content (AvgIpc) is 3.44. The molecule has 1 aliphatic carbocycles. The van der Waals surface area contributed by atoms with Crippen molar-refractivity contribution in [3.05, 3.63) is 71.8 Å². The fraction of sp³-hybridized carbons (Fsp3) is 0.450. The Labute approximate surface area is 313 Å². The lowest BCUT2D eigenvalue weighted by Gasteiger charge is -2.55. The standard InChI is InChI=1S/C40H47N4O10/c1-5-49-39(47)35-36(40(48)50-6-2)44-28-18-16-24(22-12-10-14-26(43-35)32(22)28)34-37(45)33(38(34)46)23-15-17-27-31-21(23)11-9-13-25(31)41-29(19-53-51-7-3)30(42-27)20-54-52-8-4/h9-18,29-30,33-38,41-45H,5-8,19-20H2,1-4H3/q-1. The van der Waals surface area contributed by atoms with Gasteiger partial charge in [0.1, 0.15) is 13.2 Å². The third kappa shape index (κ3) is 6.89. The van der Waals surface area contributed by atoms with Gasteiger partial charge in [-0.25, -0.2) is 29.1 Å². The number of rotatable bonds is 14. The Morgan fingerprint density at radius 1 is 0.593 bits per heavy atom. The van der Waals surface area contributed by atoms with Crippen LogP contribution < -0.4 is 26.4 Å². The third-order valence-electron chi connectivity index (χ3n) is 10.4. The molecular formula is C40H47N4O10-. The highest BCUT2D eigenvalue weighted by Crippen LogP contribution is 2.52. The van der Waals surface area contributed by atoms with Gasteiger partial charge in [-0.1, -0.05) is 36.4 Å². The summed E-state index contributed by atoms with van der Waals surface area (Å²) in [5.74, 6) is -2.62. The van der Waals surface area contributed by atoms with Crippen LogP contribution in [-0.4, -0.2) is 93.1 Å². The van der Waals surface area contributed by atoms with Crippen molar-refractivity contribution in [1.82, 2.24) is 0 Å². The summed E-state index contributed by atoms with van der Waals surface area (Å²) in [7, 11) is 0. The van der Waals surface area contributed by atoms with Gasteiger partial charge < -0.3 is 41.0 Å². The largest absolute Gasteiger partial charge is 0.851 e. The number of anilines is 4. The van der Waals surface area contributed by atoms with Gasteiger partial charge in [-0.3, -0.25) is 0 Å². The van der Waals surface area contributed by atoms with Gasteiger partial charge in [-0.15, -0.1) is 6.10 Å². The Morgan fingerprint density at radius 3 is 1.44 bits per heavy atom. The van der Waals surface area contributed by atoms with E-state index in [-0.39, 0.29) is 38.5 Å². The van der Waals surface area contributed by atoms with Crippen molar-refractivity contribution in [2.75, 3.05) is 60.9 Å². The molecule has 0 spiro atoms. The van der Waals surface area contributed by atoms with Gasteiger partial charge in [0.25, 0.3) is 0 Å². The second-order valence-corrected chi connectivity index (χ2v) is 13.5. The Hall–Kier alpha value is -4.70. The van der Waals surface area contributed by atoms with Crippen molar-refractivity contribution in [2.24, 2.45) is 0 Å². The fourth-order valence-electron chi connectivity index (χ4n) is 8.01. The van der Waals surface area contributed by atoms with Gasteiger partial charge in [0, 0.05) is 33.5 Å². The lowest BCUT2D eigenvalue weighted by atomic mass is 9.62. The van der Waals surface area contributed by atoms with Crippen molar-refractivity contribution in [3.63, 3.8) is 0 Å². The highest BCUT2D eigenvalue weighted by Gasteiger charge is 2.47. The first kappa shape index (κ1) is 37.6. The van der Waals surface area contributed by atoms with Crippen LogP contribution in [0.15, 0.2) is 60.7 Å². The Bertz CT molecular complexity index is 1930. The van der Waals surface area contributed by atoms with Crippen LogP contribution >= 0.6 is 0 Å². The van der Waals surface area contributed by atoms with Crippen LogP contribution in [-0.2, 0) is 38.6 Å². The summed E-state index contributed by atoms with van der Waals surface area (Å²) in [4.78, 5) is 47.6. The van der Waals surface area contributed by atoms with E-state index in [1.54, 1.807) is 19.9 Å². The number of ether oxygens (including phenoxy) is 2. The van der Waals surface area contributed by atoms with Gasteiger partial charge in [0.05, 0.1) is 44.6 Å². The Kier molecular flexibility index (Phi) is 11.4. The molecule has 3 aliphatic rings. The maximum absolute atomic E-state index is 14.4. The highest BCUT2D eigenvalue weighted by atomic mass is 17.2. The van der Waals surface area contributed by atoms with Crippen molar-refractivity contribution in [1.29, 1.82) is 0 Å². The molecule has 4 aromatic rings.